The number of hydrogen-bond acceptors (Lipinski definition) is 6. The molecular formula is C20H19F3N4O4. The van der Waals surface area contributed by atoms with E-state index in [1.807, 2.05) is 0 Å². The van der Waals surface area contributed by atoms with E-state index in [4.69, 9.17) is 14.7 Å². The van der Waals surface area contributed by atoms with Crippen molar-refractivity contribution < 1.29 is 32.2 Å². The molecule has 0 spiro atoms. The number of amides is 1. The minimum absolute atomic E-state index is 0.186. The lowest BCUT2D eigenvalue weighted by molar-refractivity contribution is -0.324. The average Bonchev–Trinajstić information content (AvgIpc) is 3.29. The number of nitrogens with zero attached hydrogens (tertiary/aromatic N) is 3. The third-order valence-corrected chi connectivity index (χ3v) is 5.01. The second-order valence-electron chi connectivity index (χ2n) is 7.35. The second-order valence-corrected chi connectivity index (χ2v) is 7.35. The SMILES string of the molecule is N#Cc1ccc2c(c1)CC(NC(=O)c1cc3n(n1)CC(CCCOC(F)(F)F)O3)CO2. The predicted molar refractivity (Wildman–Crippen MR) is 99.5 cm³/mol. The Morgan fingerprint density at radius 2 is 2.23 bits per heavy atom. The van der Waals surface area contributed by atoms with Gasteiger partial charge in [0.25, 0.3) is 5.91 Å². The first-order valence-electron chi connectivity index (χ1n) is 9.72. The summed E-state index contributed by atoms with van der Waals surface area (Å²) in [4.78, 5) is 12.6. The number of alkyl halides is 3. The molecule has 0 saturated carbocycles. The molecule has 31 heavy (non-hydrogen) atoms. The largest absolute Gasteiger partial charge is 0.522 e. The first-order valence-corrected chi connectivity index (χ1v) is 9.72. The molecule has 0 bridgehead atoms. The molecule has 3 heterocycles. The summed E-state index contributed by atoms with van der Waals surface area (Å²) in [5, 5.41) is 16.1. The van der Waals surface area contributed by atoms with Gasteiger partial charge in [-0.15, -0.1) is 13.2 Å². The molecule has 1 aromatic carbocycles. The van der Waals surface area contributed by atoms with Crippen molar-refractivity contribution in [2.24, 2.45) is 0 Å². The van der Waals surface area contributed by atoms with Crippen LogP contribution in [0.3, 0.4) is 0 Å². The molecule has 1 amide bonds. The Labute approximate surface area is 175 Å². The highest BCUT2D eigenvalue weighted by molar-refractivity contribution is 5.92. The number of nitriles is 1. The minimum atomic E-state index is -4.63. The Morgan fingerprint density at radius 3 is 2.97 bits per heavy atom. The van der Waals surface area contributed by atoms with Gasteiger partial charge in [-0.2, -0.15) is 10.4 Å². The average molecular weight is 436 g/mol. The van der Waals surface area contributed by atoms with Crippen LogP contribution in [0.4, 0.5) is 13.2 Å². The first-order chi connectivity index (χ1) is 14.8. The number of fused-ring (bicyclic) bond motifs is 2. The van der Waals surface area contributed by atoms with Crippen LogP contribution in [0.2, 0.25) is 0 Å². The Bertz CT molecular complexity index is 991. The van der Waals surface area contributed by atoms with Gasteiger partial charge in [0.05, 0.1) is 30.8 Å². The van der Waals surface area contributed by atoms with E-state index in [9.17, 15) is 18.0 Å². The van der Waals surface area contributed by atoms with Crippen molar-refractivity contribution in [1.29, 1.82) is 5.26 Å². The van der Waals surface area contributed by atoms with Crippen molar-refractivity contribution in [2.45, 2.75) is 44.3 Å². The monoisotopic (exact) mass is 436 g/mol. The number of nitrogens with one attached hydrogen (secondary N) is 1. The third kappa shape index (κ3) is 5.08. The zero-order valence-corrected chi connectivity index (χ0v) is 16.3. The van der Waals surface area contributed by atoms with Crippen LogP contribution in [0.5, 0.6) is 11.6 Å². The lowest BCUT2D eigenvalue weighted by atomic mass is 10.0. The summed E-state index contributed by atoms with van der Waals surface area (Å²) in [5.41, 5.74) is 1.56. The highest BCUT2D eigenvalue weighted by Crippen LogP contribution is 2.27. The third-order valence-electron chi connectivity index (χ3n) is 5.01. The smallest absolute Gasteiger partial charge is 0.491 e. The van der Waals surface area contributed by atoms with Crippen LogP contribution in [0, 0.1) is 11.3 Å². The molecule has 0 aliphatic carbocycles. The molecule has 0 saturated heterocycles. The summed E-state index contributed by atoms with van der Waals surface area (Å²) in [6, 6.07) is 8.49. The number of hydrogen-bond donors (Lipinski definition) is 1. The van der Waals surface area contributed by atoms with Crippen LogP contribution in [-0.4, -0.2) is 47.4 Å². The lowest BCUT2D eigenvalue weighted by Gasteiger charge is -2.26. The molecule has 164 valence electrons. The van der Waals surface area contributed by atoms with Gasteiger partial charge in [-0.1, -0.05) is 0 Å². The quantitative estimate of drug-likeness (QED) is 0.699. The zero-order chi connectivity index (χ0) is 22.0. The molecule has 4 rings (SSSR count). The van der Waals surface area contributed by atoms with Crippen LogP contribution < -0.4 is 14.8 Å². The van der Waals surface area contributed by atoms with Gasteiger partial charge in [-0.3, -0.25) is 9.53 Å². The molecule has 0 fully saturated rings. The Morgan fingerprint density at radius 1 is 1.39 bits per heavy atom. The van der Waals surface area contributed by atoms with Crippen molar-refractivity contribution in [3.63, 3.8) is 0 Å². The van der Waals surface area contributed by atoms with Gasteiger partial charge in [0, 0.05) is 6.07 Å². The molecule has 2 unspecified atom stereocenters. The van der Waals surface area contributed by atoms with E-state index in [1.165, 1.54) is 10.7 Å². The molecule has 2 atom stereocenters. The normalized spacial score (nSPS) is 19.5. The van der Waals surface area contributed by atoms with E-state index < -0.39 is 13.0 Å². The fourth-order valence-electron chi connectivity index (χ4n) is 3.60. The van der Waals surface area contributed by atoms with E-state index in [0.717, 1.165) is 5.56 Å². The Hall–Kier alpha value is -3.26. The van der Waals surface area contributed by atoms with Crippen molar-refractivity contribution in [1.82, 2.24) is 15.1 Å². The summed E-state index contributed by atoms with van der Waals surface area (Å²) < 4.78 is 52.6. The van der Waals surface area contributed by atoms with Gasteiger partial charge in [0.2, 0.25) is 5.88 Å². The number of carbonyl (C=O) groups is 1. The van der Waals surface area contributed by atoms with E-state index >= 15 is 0 Å². The standard InChI is InChI=1S/C20H19F3N4O4/c21-20(22,23)30-5-1-2-15-10-27-18(31-15)8-16(26-27)19(28)25-14-7-13-6-12(9-24)3-4-17(13)29-11-14/h3-4,6,8,14-15H,1-2,5,7,10-11H2,(H,25,28). The van der Waals surface area contributed by atoms with Gasteiger partial charge in [-0.05, 0) is 43.0 Å². The van der Waals surface area contributed by atoms with Crippen molar-refractivity contribution in [2.75, 3.05) is 13.2 Å². The molecule has 2 aromatic rings. The maximum absolute atomic E-state index is 12.6. The van der Waals surface area contributed by atoms with Gasteiger partial charge >= 0.3 is 6.36 Å². The maximum atomic E-state index is 12.6. The van der Waals surface area contributed by atoms with Gasteiger partial charge in [0.15, 0.2) is 5.69 Å². The molecule has 2 aliphatic rings. The van der Waals surface area contributed by atoms with Crippen LogP contribution in [-0.2, 0) is 17.7 Å². The molecule has 11 heteroatoms. The fraction of sp³-hybridized carbons (Fsp3) is 0.450. The highest BCUT2D eigenvalue weighted by atomic mass is 19.4. The number of rotatable bonds is 6. The molecular weight excluding hydrogens is 417 g/mol. The highest BCUT2D eigenvalue weighted by Gasteiger charge is 2.30. The number of ether oxygens (including phenoxy) is 3. The van der Waals surface area contributed by atoms with Gasteiger partial charge in [-0.25, -0.2) is 4.68 Å². The minimum Gasteiger partial charge on any atom is -0.491 e. The van der Waals surface area contributed by atoms with E-state index in [0.29, 0.717) is 43.2 Å². The van der Waals surface area contributed by atoms with Gasteiger partial charge in [0.1, 0.15) is 18.5 Å². The van der Waals surface area contributed by atoms with Gasteiger partial charge < -0.3 is 14.8 Å². The predicted octanol–water partition coefficient (Wildman–Crippen LogP) is 2.57. The number of aromatic nitrogens is 2. The van der Waals surface area contributed by atoms with Crippen LogP contribution in [0.15, 0.2) is 24.3 Å². The summed E-state index contributed by atoms with van der Waals surface area (Å²) in [6.07, 6.45) is -3.84. The fourth-order valence-corrected chi connectivity index (χ4v) is 3.60. The summed E-state index contributed by atoms with van der Waals surface area (Å²) in [6.45, 7) is 0.226. The molecule has 1 aromatic heterocycles. The van der Waals surface area contributed by atoms with E-state index in [-0.39, 0.29) is 30.2 Å². The molecule has 2 aliphatic heterocycles. The lowest BCUT2D eigenvalue weighted by Crippen LogP contribution is -2.43. The van der Waals surface area contributed by atoms with E-state index in [1.54, 1.807) is 18.2 Å². The van der Waals surface area contributed by atoms with Crippen molar-refractivity contribution >= 4 is 5.91 Å². The number of benzene rings is 1. The molecule has 0 radical (unpaired) electrons. The Kier molecular flexibility index (Phi) is 5.73. The van der Waals surface area contributed by atoms with Crippen LogP contribution in [0.1, 0.15) is 34.5 Å². The first kappa shape index (κ1) is 21.0. The topological polar surface area (TPSA) is 98.4 Å². The van der Waals surface area contributed by atoms with Crippen molar-refractivity contribution in [3.05, 3.63) is 41.1 Å². The zero-order valence-electron chi connectivity index (χ0n) is 16.3. The van der Waals surface area contributed by atoms with Crippen LogP contribution >= 0.6 is 0 Å². The molecule has 8 nitrogen and oxygen atoms in total. The molecule has 1 N–H and O–H groups in total. The number of halogens is 3. The summed E-state index contributed by atoms with van der Waals surface area (Å²) in [7, 11) is 0. The van der Waals surface area contributed by atoms with E-state index in [2.05, 4.69) is 21.2 Å². The number of carbonyl (C=O) groups excluding carboxylic acids is 1. The Balaban J connectivity index is 1.28. The summed E-state index contributed by atoms with van der Waals surface area (Å²) in [5.74, 6) is 0.718. The maximum Gasteiger partial charge on any atom is 0.522 e. The van der Waals surface area contributed by atoms with Crippen molar-refractivity contribution in [3.8, 4) is 17.7 Å². The van der Waals surface area contributed by atoms with Crippen LogP contribution in [0.25, 0.3) is 0 Å². The summed E-state index contributed by atoms with van der Waals surface area (Å²) >= 11 is 0. The second kappa shape index (κ2) is 8.47.